The van der Waals surface area contributed by atoms with Crippen LogP contribution in [0.25, 0.3) is 11.5 Å². The minimum atomic E-state index is -0.965. The third-order valence-electron chi connectivity index (χ3n) is 3.16. The Kier molecular flexibility index (Phi) is 3.19. The Morgan fingerprint density at radius 3 is 3.00 bits per heavy atom. The van der Waals surface area contributed by atoms with Gasteiger partial charge in [-0.25, -0.2) is 4.79 Å². The highest BCUT2D eigenvalue weighted by Crippen LogP contribution is 2.32. The van der Waals surface area contributed by atoms with Crippen molar-refractivity contribution in [3.05, 3.63) is 29.8 Å². The number of pyridine rings is 1. The maximum absolute atomic E-state index is 10.8. The van der Waals surface area contributed by atoms with Crippen molar-refractivity contribution in [3.8, 4) is 11.5 Å². The summed E-state index contributed by atoms with van der Waals surface area (Å²) in [7, 11) is 0. The fourth-order valence-electron chi connectivity index (χ4n) is 2.13. The maximum Gasteiger partial charge on any atom is 0.332 e. The first-order valence-electron chi connectivity index (χ1n) is 6.28. The number of carbonyl (C=O) groups is 1. The van der Waals surface area contributed by atoms with E-state index >= 15 is 0 Å². The molecule has 2 unspecified atom stereocenters. The number of ether oxygens (including phenoxy) is 1. The van der Waals surface area contributed by atoms with Gasteiger partial charge in [0.15, 0.2) is 6.10 Å². The average molecular weight is 275 g/mol. The zero-order valence-electron chi connectivity index (χ0n) is 10.8. The van der Waals surface area contributed by atoms with E-state index < -0.39 is 18.2 Å². The SMILES string of the molecule is Cc1ccnc(-c2noc(C3CCC(C(=O)O)O3)n2)c1. The Morgan fingerprint density at radius 1 is 1.45 bits per heavy atom. The number of hydrogen-bond acceptors (Lipinski definition) is 6. The first-order chi connectivity index (χ1) is 9.63. The second kappa shape index (κ2) is 5.01. The van der Waals surface area contributed by atoms with E-state index in [2.05, 4.69) is 15.1 Å². The fraction of sp³-hybridized carbons (Fsp3) is 0.385. The molecule has 1 fully saturated rings. The first-order valence-corrected chi connectivity index (χ1v) is 6.28. The van der Waals surface area contributed by atoms with Gasteiger partial charge in [0.1, 0.15) is 11.8 Å². The monoisotopic (exact) mass is 275 g/mol. The summed E-state index contributed by atoms with van der Waals surface area (Å²) in [6.45, 7) is 1.95. The van der Waals surface area contributed by atoms with E-state index in [4.69, 9.17) is 14.4 Å². The van der Waals surface area contributed by atoms with Crippen LogP contribution in [0.4, 0.5) is 0 Å². The lowest BCUT2D eigenvalue weighted by atomic mass is 10.2. The van der Waals surface area contributed by atoms with Crippen molar-refractivity contribution >= 4 is 5.97 Å². The van der Waals surface area contributed by atoms with Gasteiger partial charge in [-0.2, -0.15) is 4.98 Å². The number of carboxylic acids is 1. The number of hydrogen-bond donors (Lipinski definition) is 1. The molecule has 20 heavy (non-hydrogen) atoms. The minimum Gasteiger partial charge on any atom is -0.479 e. The molecule has 0 aromatic carbocycles. The topological polar surface area (TPSA) is 98.3 Å². The Balaban J connectivity index is 1.79. The Morgan fingerprint density at radius 2 is 2.30 bits per heavy atom. The molecule has 0 saturated carbocycles. The van der Waals surface area contributed by atoms with Gasteiger partial charge in [-0.05, 0) is 37.5 Å². The molecule has 3 heterocycles. The van der Waals surface area contributed by atoms with E-state index in [0.29, 0.717) is 30.3 Å². The number of carboxylic acid groups (broad SMARTS) is 1. The largest absolute Gasteiger partial charge is 0.479 e. The summed E-state index contributed by atoms with van der Waals surface area (Å²) >= 11 is 0. The van der Waals surface area contributed by atoms with E-state index in [9.17, 15) is 4.79 Å². The van der Waals surface area contributed by atoms with Crippen molar-refractivity contribution in [2.24, 2.45) is 0 Å². The van der Waals surface area contributed by atoms with E-state index in [1.54, 1.807) is 6.20 Å². The summed E-state index contributed by atoms with van der Waals surface area (Å²) in [5.74, 6) is -0.286. The molecular weight excluding hydrogens is 262 g/mol. The van der Waals surface area contributed by atoms with Crippen molar-refractivity contribution < 1.29 is 19.2 Å². The van der Waals surface area contributed by atoms with Crippen molar-refractivity contribution in [2.75, 3.05) is 0 Å². The summed E-state index contributed by atoms with van der Waals surface area (Å²) < 4.78 is 10.5. The highest BCUT2D eigenvalue weighted by Gasteiger charge is 2.34. The van der Waals surface area contributed by atoms with Gasteiger partial charge in [-0.1, -0.05) is 5.16 Å². The van der Waals surface area contributed by atoms with Gasteiger partial charge in [-0.3, -0.25) is 4.98 Å². The second-order valence-corrected chi connectivity index (χ2v) is 4.70. The zero-order chi connectivity index (χ0) is 14.1. The molecule has 1 saturated heterocycles. The lowest BCUT2D eigenvalue weighted by molar-refractivity contribution is -0.150. The molecule has 104 valence electrons. The lowest BCUT2D eigenvalue weighted by Crippen LogP contribution is -2.18. The standard InChI is InChI=1S/C13H13N3O4/c1-7-4-5-14-8(6-7)11-15-12(20-16-11)9-2-3-10(19-9)13(17)18/h4-6,9-10H,2-3H2,1H3,(H,17,18). The number of aromatic nitrogens is 3. The normalized spacial score (nSPS) is 22.1. The predicted molar refractivity (Wildman–Crippen MR) is 66.7 cm³/mol. The van der Waals surface area contributed by atoms with E-state index in [0.717, 1.165) is 5.56 Å². The molecule has 7 nitrogen and oxygen atoms in total. The van der Waals surface area contributed by atoms with Crippen LogP contribution in [0, 0.1) is 6.92 Å². The van der Waals surface area contributed by atoms with Crippen LogP contribution in [0.5, 0.6) is 0 Å². The van der Waals surface area contributed by atoms with E-state index in [-0.39, 0.29) is 0 Å². The van der Waals surface area contributed by atoms with Crippen molar-refractivity contribution in [1.82, 2.24) is 15.1 Å². The molecule has 0 aliphatic carbocycles. The first kappa shape index (κ1) is 12.7. The molecule has 1 aliphatic heterocycles. The van der Waals surface area contributed by atoms with Gasteiger partial charge >= 0.3 is 5.97 Å². The number of rotatable bonds is 3. The van der Waals surface area contributed by atoms with Gasteiger partial charge in [0.2, 0.25) is 5.82 Å². The van der Waals surface area contributed by atoms with Crippen molar-refractivity contribution in [2.45, 2.75) is 32.0 Å². The van der Waals surface area contributed by atoms with Gasteiger partial charge in [0, 0.05) is 6.20 Å². The van der Waals surface area contributed by atoms with Crippen LogP contribution in [0.2, 0.25) is 0 Å². The number of aryl methyl sites for hydroxylation is 1. The molecule has 3 rings (SSSR count). The van der Waals surface area contributed by atoms with Crippen LogP contribution in [-0.4, -0.2) is 32.3 Å². The quantitative estimate of drug-likeness (QED) is 0.910. The Hall–Kier alpha value is -2.28. The van der Waals surface area contributed by atoms with Crippen LogP contribution in [0.3, 0.4) is 0 Å². The molecule has 0 radical (unpaired) electrons. The third kappa shape index (κ3) is 2.39. The van der Waals surface area contributed by atoms with E-state index in [1.165, 1.54) is 0 Å². The van der Waals surface area contributed by atoms with Gasteiger partial charge in [0.25, 0.3) is 5.89 Å². The molecule has 0 bridgehead atoms. The predicted octanol–water partition coefficient (Wildman–Crippen LogP) is 1.74. The Bertz CT molecular complexity index is 640. The summed E-state index contributed by atoms with van der Waals surface area (Å²) in [4.78, 5) is 19.3. The van der Waals surface area contributed by atoms with Gasteiger partial charge in [-0.15, -0.1) is 0 Å². The molecule has 2 aromatic heterocycles. The summed E-state index contributed by atoms with van der Waals surface area (Å²) in [5, 5.41) is 12.8. The van der Waals surface area contributed by atoms with Crippen LogP contribution < -0.4 is 0 Å². The molecule has 0 spiro atoms. The van der Waals surface area contributed by atoms with Gasteiger partial charge in [0.05, 0.1) is 0 Å². The molecule has 7 heteroatoms. The minimum absolute atomic E-state index is 0.298. The Labute approximate surface area is 114 Å². The highest BCUT2D eigenvalue weighted by molar-refractivity contribution is 5.72. The summed E-state index contributed by atoms with van der Waals surface area (Å²) in [5.41, 5.74) is 1.66. The summed E-state index contributed by atoms with van der Waals surface area (Å²) in [6.07, 6.45) is 1.42. The van der Waals surface area contributed by atoms with Crippen LogP contribution in [0.1, 0.15) is 30.4 Å². The van der Waals surface area contributed by atoms with Crippen LogP contribution in [0.15, 0.2) is 22.9 Å². The molecule has 0 amide bonds. The molecule has 1 N–H and O–H groups in total. The zero-order valence-corrected chi connectivity index (χ0v) is 10.8. The summed E-state index contributed by atoms with van der Waals surface area (Å²) in [6, 6.07) is 3.73. The average Bonchev–Trinajstić information content (AvgIpc) is 3.08. The molecule has 2 aromatic rings. The lowest BCUT2D eigenvalue weighted by Gasteiger charge is -2.05. The molecule has 1 aliphatic rings. The van der Waals surface area contributed by atoms with Crippen LogP contribution in [-0.2, 0) is 9.53 Å². The van der Waals surface area contributed by atoms with Crippen molar-refractivity contribution in [1.29, 1.82) is 0 Å². The molecule has 2 atom stereocenters. The molecular formula is C13H13N3O4. The number of aliphatic carboxylic acids is 1. The highest BCUT2D eigenvalue weighted by atomic mass is 16.5. The smallest absolute Gasteiger partial charge is 0.332 e. The van der Waals surface area contributed by atoms with Crippen molar-refractivity contribution in [3.63, 3.8) is 0 Å². The number of nitrogens with zero attached hydrogens (tertiary/aromatic N) is 3. The van der Waals surface area contributed by atoms with E-state index in [1.807, 2.05) is 19.1 Å². The fourth-order valence-corrected chi connectivity index (χ4v) is 2.13. The van der Waals surface area contributed by atoms with Crippen LogP contribution >= 0.6 is 0 Å². The van der Waals surface area contributed by atoms with Gasteiger partial charge < -0.3 is 14.4 Å². The maximum atomic E-state index is 10.8. The second-order valence-electron chi connectivity index (χ2n) is 4.70. The third-order valence-corrected chi connectivity index (χ3v) is 3.16.